The Morgan fingerprint density at radius 2 is 2.00 bits per heavy atom. The van der Waals surface area contributed by atoms with Crippen molar-refractivity contribution in [2.24, 2.45) is 0 Å². The topological polar surface area (TPSA) is 15.3 Å². The molecule has 1 heterocycles. The molecule has 0 aromatic carbocycles. The summed E-state index contributed by atoms with van der Waals surface area (Å²) in [7, 11) is 0. The van der Waals surface area contributed by atoms with Crippen molar-refractivity contribution in [2.75, 3.05) is 26.2 Å². The van der Waals surface area contributed by atoms with Crippen molar-refractivity contribution in [3.05, 3.63) is 21.3 Å². The van der Waals surface area contributed by atoms with Crippen molar-refractivity contribution in [1.82, 2.24) is 10.2 Å². The second-order valence-electron chi connectivity index (χ2n) is 4.88. The summed E-state index contributed by atoms with van der Waals surface area (Å²) in [5.41, 5.74) is 0. The van der Waals surface area contributed by atoms with Crippen LogP contribution in [0.4, 0.5) is 0 Å². The van der Waals surface area contributed by atoms with Gasteiger partial charge in [-0.25, -0.2) is 0 Å². The number of hydrogen-bond donors (Lipinski definition) is 1. The highest BCUT2D eigenvalue weighted by molar-refractivity contribution is 7.16. The first-order valence-electron chi connectivity index (χ1n) is 7.39. The van der Waals surface area contributed by atoms with Crippen molar-refractivity contribution in [3.8, 4) is 0 Å². The minimum atomic E-state index is 0.565. The van der Waals surface area contributed by atoms with Crippen LogP contribution in [0.2, 0.25) is 4.34 Å². The highest BCUT2D eigenvalue weighted by Gasteiger charge is 2.12. The van der Waals surface area contributed by atoms with Crippen LogP contribution in [0.1, 0.15) is 38.5 Å². The van der Waals surface area contributed by atoms with E-state index in [4.69, 9.17) is 11.6 Å². The Balaban J connectivity index is 2.46. The molecule has 0 radical (unpaired) electrons. The van der Waals surface area contributed by atoms with Crippen LogP contribution in [0.25, 0.3) is 0 Å². The molecule has 0 spiro atoms. The van der Waals surface area contributed by atoms with Gasteiger partial charge in [0.2, 0.25) is 0 Å². The molecular formula is C15H27ClN2S. The van der Waals surface area contributed by atoms with E-state index >= 15 is 0 Å². The molecule has 0 bridgehead atoms. The fourth-order valence-corrected chi connectivity index (χ4v) is 3.37. The van der Waals surface area contributed by atoms with Crippen LogP contribution in [0, 0.1) is 0 Å². The third kappa shape index (κ3) is 6.75. The van der Waals surface area contributed by atoms with Crippen molar-refractivity contribution in [2.45, 2.75) is 46.1 Å². The number of hydrogen-bond acceptors (Lipinski definition) is 3. The lowest BCUT2D eigenvalue weighted by molar-refractivity contribution is 0.280. The zero-order valence-corrected chi connectivity index (χ0v) is 14.0. The Morgan fingerprint density at radius 1 is 1.26 bits per heavy atom. The lowest BCUT2D eigenvalue weighted by Crippen LogP contribution is -2.36. The Morgan fingerprint density at radius 3 is 2.53 bits per heavy atom. The van der Waals surface area contributed by atoms with Gasteiger partial charge in [-0.05, 0) is 57.6 Å². The largest absolute Gasteiger partial charge is 0.314 e. The van der Waals surface area contributed by atoms with Crippen LogP contribution in [-0.2, 0) is 6.42 Å². The summed E-state index contributed by atoms with van der Waals surface area (Å²) in [5, 5.41) is 3.67. The number of rotatable bonds is 10. The monoisotopic (exact) mass is 302 g/mol. The first-order valence-corrected chi connectivity index (χ1v) is 8.58. The molecule has 2 nitrogen and oxygen atoms in total. The normalized spacial score (nSPS) is 13.1. The maximum Gasteiger partial charge on any atom is 0.0931 e. The quantitative estimate of drug-likeness (QED) is 0.701. The van der Waals surface area contributed by atoms with Crippen LogP contribution in [0.15, 0.2) is 12.1 Å². The van der Waals surface area contributed by atoms with Gasteiger partial charge >= 0.3 is 0 Å². The number of halogens is 1. The number of nitrogens with one attached hydrogen (secondary N) is 1. The Labute approximate surface area is 127 Å². The van der Waals surface area contributed by atoms with E-state index in [1.165, 1.54) is 24.3 Å². The summed E-state index contributed by atoms with van der Waals surface area (Å²) in [6.45, 7) is 11.2. The number of thiophene rings is 1. The molecule has 4 heteroatoms. The predicted molar refractivity (Wildman–Crippen MR) is 87.5 cm³/mol. The highest BCUT2D eigenvalue weighted by Crippen LogP contribution is 2.23. The second kappa shape index (κ2) is 9.76. The summed E-state index contributed by atoms with van der Waals surface area (Å²) in [5.74, 6) is 0. The summed E-state index contributed by atoms with van der Waals surface area (Å²) in [6.07, 6.45) is 3.49. The molecule has 0 amide bonds. The molecule has 1 aromatic heterocycles. The van der Waals surface area contributed by atoms with Crippen molar-refractivity contribution >= 4 is 22.9 Å². The van der Waals surface area contributed by atoms with Crippen molar-refractivity contribution < 1.29 is 0 Å². The molecule has 1 atom stereocenters. The lowest BCUT2D eigenvalue weighted by atomic mass is 10.1. The third-order valence-corrected chi connectivity index (χ3v) is 4.70. The first kappa shape index (κ1) is 17.0. The van der Waals surface area contributed by atoms with E-state index in [0.717, 1.165) is 30.4 Å². The van der Waals surface area contributed by atoms with Gasteiger partial charge in [0, 0.05) is 10.9 Å². The molecule has 1 unspecified atom stereocenters. The Kier molecular flexibility index (Phi) is 8.71. The minimum absolute atomic E-state index is 0.565. The van der Waals surface area contributed by atoms with Crippen LogP contribution in [0.3, 0.4) is 0 Å². The highest BCUT2D eigenvalue weighted by atomic mass is 35.5. The molecule has 19 heavy (non-hydrogen) atoms. The molecule has 1 rings (SSSR count). The van der Waals surface area contributed by atoms with Crippen molar-refractivity contribution in [3.63, 3.8) is 0 Å². The fraction of sp³-hybridized carbons (Fsp3) is 0.733. The van der Waals surface area contributed by atoms with Gasteiger partial charge in [0.25, 0.3) is 0 Å². The summed E-state index contributed by atoms with van der Waals surface area (Å²) in [4.78, 5) is 3.88. The third-order valence-electron chi connectivity index (χ3n) is 3.45. The average Bonchev–Trinajstić information content (AvgIpc) is 2.82. The molecule has 0 fully saturated rings. The van der Waals surface area contributed by atoms with Crippen molar-refractivity contribution in [1.29, 1.82) is 0 Å². The molecule has 0 saturated heterocycles. The smallest absolute Gasteiger partial charge is 0.0931 e. The zero-order chi connectivity index (χ0) is 14.1. The molecule has 1 aromatic rings. The van der Waals surface area contributed by atoms with E-state index in [1.807, 2.05) is 6.07 Å². The van der Waals surface area contributed by atoms with E-state index in [0.29, 0.717) is 6.04 Å². The van der Waals surface area contributed by atoms with E-state index in [-0.39, 0.29) is 0 Å². The van der Waals surface area contributed by atoms with Crippen LogP contribution < -0.4 is 5.32 Å². The van der Waals surface area contributed by atoms with Gasteiger partial charge in [-0.15, -0.1) is 11.3 Å². The van der Waals surface area contributed by atoms with E-state index < -0.39 is 0 Å². The van der Waals surface area contributed by atoms with E-state index in [9.17, 15) is 0 Å². The Bertz CT molecular complexity index is 337. The number of nitrogens with zero attached hydrogens (tertiary/aromatic N) is 1. The predicted octanol–water partition coefficient (Wildman–Crippen LogP) is 4.04. The molecule has 0 aliphatic rings. The van der Waals surface area contributed by atoms with Gasteiger partial charge in [-0.3, -0.25) is 0 Å². The minimum Gasteiger partial charge on any atom is -0.314 e. The maximum absolute atomic E-state index is 6.01. The average molecular weight is 303 g/mol. The molecule has 0 aliphatic heterocycles. The second-order valence-corrected chi connectivity index (χ2v) is 6.68. The van der Waals surface area contributed by atoms with Gasteiger partial charge in [0.1, 0.15) is 0 Å². The fourth-order valence-electron chi connectivity index (χ4n) is 2.21. The molecular weight excluding hydrogens is 276 g/mol. The molecule has 0 saturated carbocycles. The van der Waals surface area contributed by atoms with Crippen LogP contribution in [0.5, 0.6) is 0 Å². The summed E-state index contributed by atoms with van der Waals surface area (Å²) in [6, 6.07) is 4.73. The van der Waals surface area contributed by atoms with Gasteiger partial charge in [0.15, 0.2) is 0 Å². The van der Waals surface area contributed by atoms with Gasteiger partial charge < -0.3 is 10.2 Å². The SMILES string of the molecule is CCCNC(CCN(CC)CC)Cc1ccc(Cl)s1. The molecule has 110 valence electrons. The maximum atomic E-state index is 6.01. The Hall–Kier alpha value is -0.0900. The molecule has 1 N–H and O–H groups in total. The molecule has 0 aliphatic carbocycles. The van der Waals surface area contributed by atoms with Gasteiger partial charge in [0.05, 0.1) is 4.34 Å². The van der Waals surface area contributed by atoms with E-state index in [2.05, 4.69) is 37.1 Å². The van der Waals surface area contributed by atoms with Crippen LogP contribution in [-0.4, -0.2) is 37.1 Å². The van der Waals surface area contributed by atoms with Gasteiger partial charge in [-0.2, -0.15) is 0 Å². The summed E-state index contributed by atoms with van der Waals surface area (Å²) >= 11 is 7.72. The standard InChI is InChI=1S/C15H27ClN2S/c1-4-10-17-13(9-11-18(5-2)6-3)12-14-7-8-15(16)19-14/h7-8,13,17H,4-6,9-12H2,1-3H3. The lowest BCUT2D eigenvalue weighted by Gasteiger charge is -2.23. The first-order chi connectivity index (χ1) is 9.19. The zero-order valence-electron chi connectivity index (χ0n) is 12.4. The van der Waals surface area contributed by atoms with Gasteiger partial charge in [-0.1, -0.05) is 32.4 Å². The summed E-state index contributed by atoms with van der Waals surface area (Å²) < 4.78 is 0.896. The van der Waals surface area contributed by atoms with Crippen LogP contribution >= 0.6 is 22.9 Å². The van der Waals surface area contributed by atoms with E-state index in [1.54, 1.807) is 11.3 Å².